The number of aliphatic hydroxyl groups excluding tert-OH is 1. The predicted molar refractivity (Wildman–Crippen MR) is 69.0 cm³/mol. The maximum Gasteiger partial charge on any atom is 0.0479 e. The Bertz CT molecular complexity index is 450. The number of hydrogen-bond acceptors (Lipinski definition) is 2. The van der Waals surface area contributed by atoms with Crippen LogP contribution >= 0.6 is 0 Å². The van der Waals surface area contributed by atoms with E-state index in [0.717, 1.165) is 5.69 Å². The Hall–Kier alpha value is -1.67. The molecule has 2 nitrogen and oxygen atoms in total. The van der Waals surface area contributed by atoms with E-state index in [1.165, 1.54) is 11.1 Å². The van der Waals surface area contributed by atoms with Crippen LogP contribution in [0.4, 0.5) is 0 Å². The highest BCUT2D eigenvalue weighted by molar-refractivity contribution is 5.30. The molecule has 1 heterocycles. The molecule has 0 fully saturated rings. The van der Waals surface area contributed by atoms with E-state index in [-0.39, 0.29) is 12.5 Å². The number of nitrogens with zero attached hydrogens (tertiary/aromatic N) is 1. The van der Waals surface area contributed by atoms with Crippen LogP contribution in [0.2, 0.25) is 0 Å². The standard InChI is InChI=1S/C15H17NO/c1-12-5-7-13(8-6-12)14(9-11-17)15-4-2-3-10-16-15/h2-8,10,14,17H,9,11H2,1H3. The van der Waals surface area contributed by atoms with E-state index >= 15 is 0 Å². The summed E-state index contributed by atoms with van der Waals surface area (Å²) < 4.78 is 0. The van der Waals surface area contributed by atoms with Gasteiger partial charge in [0.25, 0.3) is 0 Å². The van der Waals surface area contributed by atoms with Crippen LogP contribution < -0.4 is 0 Å². The highest BCUT2D eigenvalue weighted by Crippen LogP contribution is 2.26. The molecular formula is C15H17NO. The fourth-order valence-corrected chi connectivity index (χ4v) is 2.00. The summed E-state index contributed by atoms with van der Waals surface area (Å²) in [6.45, 7) is 2.25. The van der Waals surface area contributed by atoms with Gasteiger partial charge in [-0.05, 0) is 31.0 Å². The van der Waals surface area contributed by atoms with Gasteiger partial charge in [-0.1, -0.05) is 35.9 Å². The molecule has 88 valence electrons. The average Bonchev–Trinajstić information content (AvgIpc) is 2.38. The van der Waals surface area contributed by atoms with Crippen LogP contribution in [0.1, 0.15) is 29.2 Å². The zero-order valence-electron chi connectivity index (χ0n) is 10.0. The van der Waals surface area contributed by atoms with E-state index in [4.69, 9.17) is 0 Å². The maximum atomic E-state index is 9.19. The van der Waals surface area contributed by atoms with Crippen LogP contribution in [-0.4, -0.2) is 16.7 Å². The van der Waals surface area contributed by atoms with Crippen molar-refractivity contribution in [2.24, 2.45) is 0 Å². The first-order valence-corrected chi connectivity index (χ1v) is 5.89. The van der Waals surface area contributed by atoms with Crippen LogP contribution in [0, 0.1) is 6.92 Å². The average molecular weight is 227 g/mol. The van der Waals surface area contributed by atoms with Gasteiger partial charge in [0.2, 0.25) is 0 Å². The molecule has 17 heavy (non-hydrogen) atoms. The van der Waals surface area contributed by atoms with Gasteiger partial charge in [-0.2, -0.15) is 0 Å². The molecule has 1 aromatic carbocycles. The molecule has 2 heteroatoms. The van der Waals surface area contributed by atoms with Gasteiger partial charge in [0.1, 0.15) is 0 Å². The number of benzene rings is 1. The first kappa shape index (κ1) is 11.8. The molecule has 1 aromatic heterocycles. The van der Waals surface area contributed by atoms with E-state index in [1.807, 2.05) is 18.2 Å². The summed E-state index contributed by atoms with van der Waals surface area (Å²) in [4.78, 5) is 4.39. The lowest BCUT2D eigenvalue weighted by Gasteiger charge is -2.15. The van der Waals surface area contributed by atoms with E-state index in [2.05, 4.69) is 36.2 Å². The molecule has 2 rings (SSSR count). The first-order chi connectivity index (χ1) is 8.31. The fourth-order valence-electron chi connectivity index (χ4n) is 2.00. The van der Waals surface area contributed by atoms with E-state index in [1.54, 1.807) is 6.20 Å². The highest BCUT2D eigenvalue weighted by Gasteiger charge is 2.14. The van der Waals surface area contributed by atoms with Gasteiger partial charge in [-0.3, -0.25) is 4.98 Å². The molecule has 0 aliphatic rings. The third kappa shape index (κ3) is 2.92. The Morgan fingerprint density at radius 1 is 1.12 bits per heavy atom. The monoisotopic (exact) mass is 227 g/mol. The predicted octanol–water partition coefficient (Wildman–Crippen LogP) is 2.90. The Balaban J connectivity index is 2.32. The van der Waals surface area contributed by atoms with Crippen molar-refractivity contribution < 1.29 is 5.11 Å². The van der Waals surface area contributed by atoms with Gasteiger partial charge in [0, 0.05) is 24.4 Å². The minimum absolute atomic E-state index is 0.176. The molecular weight excluding hydrogens is 210 g/mol. The molecule has 0 bridgehead atoms. The van der Waals surface area contributed by atoms with E-state index in [9.17, 15) is 5.11 Å². The van der Waals surface area contributed by atoms with Crippen molar-refractivity contribution in [3.05, 3.63) is 65.5 Å². The molecule has 0 spiro atoms. The number of aryl methyl sites for hydroxylation is 1. The molecule has 1 atom stereocenters. The van der Waals surface area contributed by atoms with Crippen molar-refractivity contribution in [1.82, 2.24) is 4.98 Å². The van der Waals surface area contributed by atoms with Crippen molar-refractivity contribution in [2.45, 2.75) is 19.3 Å². The van der Waals surface area contributed by atoms with Crippen LogP contribution in [0.3, 0.4) is 0 Å². The Labute approximate surface area is 102 Å². The van der Waals surface area contributed by atoms with Crippen molar-refractivity contribution >= 4 is 0 Å². The number of aromatic nitrogens is 1. The Kier molecular flexibility index (Phi) is 3.89. The highest BCUT2D eigenvalue weighted by atomic mass is 16.3. The molecule has 0 radical (unpaired) electrons. The molecule has 0 aliphatic carbocycles. The lowest BCUT2D eigenvalue weighted by Crippen LogP contribution is -2.05. The molecule has 1 unspecified atom stereocenters. The summed E-state index contributed by atoms with van der Waals surface area (Å²) >= 11 is 0. The quantitative estimate of drug-likeness (QED) is 0.871. The lowest BCUT2D eigenvalue weighted by atomic mass is 9.92. The van der Waals surface area contributed by atoms with Crippen molar-refractivity contribution in [2.75, 3.05) is 6.61 Å². The normalized spacial score (nSPS) is 12.4. The van der Waals surface area contributed by atoms with Gasteiger partial charge in [0.15, 0.2) is 0 Å². The zero-order chi connectivity index (χ0) is 12.1. The summed E-state index contributed by atoms with van der Waals surface area (Å²) in [5, 5.41) is 9.19. The first-order valence-electron chi connectivity index (χ1n) is 5.89. The summed E-state index contributed by atoms with van der Waals surface area (Å²) in [5.74, 6) is 0.182. The zero-order valence-corrected chi connectivity index (χ0v) is 10.0. The Morgan fingerprint density at radius 2 is 1.88 bits per heavy atom. The van der Waals surface area contributed by atoms with Crippen LogP contribution in [0.15, 0.2) is 48.7 Å². The summed E-state index contributed by atoms with van der Waals surface area (Å²) in [7, 11) is 0. The second-order valence-electron chi connectivity index (χ2n) is 4.23. The number of hydrogen-bond donors (Lipinski definition) is 1. The number of aliphatic hydroxyl groups is 1. The van der Waals surface area contributed by atoms with Gasteiger partial charge >= 0.3 is 0 Å². The SMILES string of the molecule is Cc1ccc(C(CCO)c2ccccn2)cc1. The summed E-state index contributed by atoms with van der Waals surface area (Å²) in [6, 6.07) is 14.3. The van der Waals surface area contributed by atoms with Crippen LogP contribution in [0.25, 0.3) is 0 Å². The van der Waals surface area contributed by atoms with Gasteiger partial charge in [0.05, 0.1) is 0 Å². The number of rotatable bonds is 4. The lowest BCUT2D eigenvalue weighted by molar-refractivity contribution is 0.281. The molecule has 1 N–H and O–H groups in total. The molecule has 0 saturated heterocycles. The third-order valence-corrected chi connectivity index (χ3v) is 2.94. The molecule has 2 aromatic rings. The topological polar surface area (TPSA) is 33.1 Å². The number of pyridine rings is 1. The van der Waals surface area contributed by atoms with Crippen LogP contribution in [-0.2, 0) is 0 Å². The third-order valence-electron chi connectivity index (χ3n) is 2.94. The molecule has 0 aliphatic heterocycles. The largest absolute Gasteiger partial charge is 0.396 e. The van der Waals surface area contributed by atoms with Crippen molar-refractivity contribution in [3.63, 3.8) is 0 Å². The van der Waals surface area contributed by atoms with Crippen molar-refractivity contribution in [1.29, 1.82) is 0 Å². The van der Waals surface area contributed by atoms with Gasteiger partial charge in [-0.25, -0.2) is 0 Å². The fraction of sp³-hybridized carbons (Fsp3) is 0.267. The molecule has 0 saturated carbocycles. The van der Waals surface area contributed by atoms with Crippen molar-refractivity contribution in [3.8, 4) is 0 Å². The van der Waals surface area contributed by atoms with Gasteiger partial charge < -0.3 is 5.11 Å². The molecule has 0 amide bonds. The second kappa shape index (κ2) is 5.60. The smallest absolute Gasteiger partial charge is 0.0479 e. The minimum atomic E-state index is 0.176. The van der Waals surface area contributed by atoms with E-state index < -0.39 is 0 Å². The van der Waals surface area contributed by atoms with Gasteiger partial charge in [-0.15, -0.1) is 0 Å². The van der Waals surface area contributed by atoms with E-state index in [0.29, 0.717) is 6.42 Å². The maximum absolute atomic E-state index is 9.19. The summed E-state index contributed by atoms with van der Waals surface area (Å²) in [5.41, 5.74) is 3.48. The minimum Gasteiger partial charge on any atom is -0.396 e. The Morgan fingerprint density at radius 3 is 2.47 bits per heavy atom. The second-order valence-corrected chi connectivity index (χ2v) is 4.23. The van der Waals surface area contributed by atoms with Crippen LogP contribution in [0.5, 0.6) is 0 Å². The summed E-state index contributed by atoms with van der Waals surface area (Å²) in [6.07, 6.45) is 2.51.